The van der Waals surface area contributed by atoms with Gasteiger partial charge in [0.1, 0.15) is 0 Å². The van der Waals surface area contributed by atoms with Crippen LogP contribution in [0, 0.1) is 0 Å². The summed E-state index contributed by atoms with van der Waals surface area (Å²) in [4.78, 5) is 0. The normalized spacial score (nSPS) is 28.7. The van der Waals surface area contributed by atoms with Crippen LogP contribution in [0.3, 0.4) is 0 Å². The van der Waals surface area contributed by atoms with Crippen molar-refractivity contribution in [3.05, 3.63) is 47.9 Å². The molecular weight excluding hydrogens is 165 g/mol. The maximum atomic E-state index is 5.60. The summed E-state index contributed by atoms with van der Waals surface area (Å²) in [5, 5.41) is 0. The van der Waals surface area contributed by atoms with Crippen molar-refractivity contribution in [3.8, 4) is 0 Å². The van der Waals surface area contributed by atoms with E-state index in [1.807, 2.05) is 0 Å². The van der Waals surface area contributed by atoms with Crippen molar-refractivity contribution in [2.45, 2.75) is 6.04 Å². The molecule has 2 heterocycles. The van der Waals surface area contributed by atoms with Gasteiger partial charge in [-0.25, -0.2) is 0 Å². The molecule has 1 saturated heterocycles. The van der Waals surface area contributed by atoms with E-state index in [4.69, 9.17) is 3.79 Å². The Morgan fingerprint density at radius 1 is 1.33 bits per heavy atom. The van der Waals surface area contributed by atoms with Gasteiger partial charge in [-0.05, 0) is 23.9 Å². The monoisotopic (exact) mass is 172 g/mol. The smallest absolute Gasteiger partial charge is 0.632 e. The highest BCUT2D eigenvalue weighted by molar-refractivity contribution is 6.26. The quantitative estimate of drug-likeness (QED) is 0.508. The Bertz CT molecular complexity index is 340. The molecule has 1 atom stereocenters. The molecule has 0 aromatic carbocycles. The molecular formula is C9H7AlNO. The number of allylic oxidation sites excluding steroid dienone is 4. The molecule has 0 saturated carbocycles. The topological polar surface area (TPSA) is 12.5 Å². The van der Waals surface area contributed by atoms with Gasteiger partial charge in [0, 0.05) is 0 Å². The first kappa shape index (κ1) is 6.59. The maximum Gasteiger partial charge on any atom is 0.714 e. The van der Waals surface area contributed by atoms with E-state index in [0.717, 1.165) is 5.76 Å². The minimum Gasteiger partial charge on any atom is -0.632 e. The Morgan fingerprint density at radius 3 is 3.33 bits per heavy atom. The first-order valence-electron chi connectivity index (χ1n) is 3.99. The molecule has 3 heteroatoms. The van der Waals surface area contributed by atoms with Crippen LogP contribution in [0.4, 0.5) is 0 Å². The Kier molecular flexibility index (Phi) is 1.26. The van der Waals surface area contributed by atoms with E-state index >= 15 is 0 Å². The van der Waals surface area contributed by atoms with Crippen LogP contribution in [0.1, 0.15) is 0 Å². The summed E-state index contributed by atoms with van der Waals surface area (Å²) >= 11 is -0.0271. The lowest BCUT2D eigenvalue weighted by Crippen LogP contribution is -2.30. The maximum absolute atomic E-state index is 5.60. The molecule has 0 aromatic rings. The first-order chi connectivity index (χ1) is 5.95. The van der Waals surface area contributed by atoms with Gasteiger partial charge in [-0.1, -0.05) is 18.2 Å². The largest absolute Gasteiger partial charge is 0.714 e. The molecule has 3 rings (SSSR count). The molecule has 3 aliphatic rings. The van der Waals surface area contributed by atoms with Crippen molar-refractivity contribution in [1.82, 2.24) is 3.88 Å². The summed E-state index contributed by atoms with van der Waals surface area (Å²) in [6.45, 7) is 0. The fourth-order valence-corrected chi connectivity index (χ4v) is 2.79. The Morgan fingerprint density at radius 2 is 2.33 bits per heavy atom. The van der Waals surface area contributed by atoms with E-state index in [1.54, 1.807) is 0 Å². The lowest BCUT2D eigenvalue weighted by atomic mass is 9.98. The van der Waals surface area contributed by atoms with E-state index in [9.17, 15) is 0 Å². The summed E-state index contributed by atoms with van der Waals surface area (Å²) in [6, 6.07) is 0.398. The molecule has 0 amide bonds. The Labute approximate surface area is 77.8 Å². The van der Waals surface area contributed by atoms with Crippen molar-refractivity contribution in [3.63, 3.8) is 0 Å². The van der Waals surface area contributed by atoms with Gasteiger partial charge < -0.3 is 7.67 Å². The third kappa shape index (κ3) is 0.755. The molecule has 1 radical (unpaired) electrons. The summed E-state index contributed by atoms with van der Waals surface area (Å²) in [7, 11) is 0. The molecule has 1 fully saturated rings. The van der Waals surface area contributed by atoms with Crippen molar-refractivity contribution in [2.75, 3.05) is 0 Å². The molecule has 0 aromatic heterocycles. The second-order valence-corrected chi connectivity index (χ2v) is 4.05. The first-order valence-corrected chi connectivity index (χ1v) is 4.98. The average Bonchev–Trinajstić information content (AvgIpc) is 2.52. The van der Waals surface area contributed by atoms with E-state index in [2.05, 4.69) is 40.5 Å². The summed E-state index contributed by atoms with van der Waals surface area (Å²) in [5.74, 6) is 1.11. The van der Waals surface area contributed by atoms with Gasteiger partial charge in [0.15, 0.2) is 0 Å². The van der Waals surface area contributed by atoms with Crippen molar-refractivity contribution < 1.29 is 3.79 Å². The molecule has 2 aliphatic heterocycles. The van der Waals surface area contributed by atoms with Gasteiger partial charge in [0.25, 0.3) is 0 Å². The highest BCUT2D eigenvalue weighted by atomic mass is 27.1. The lowest BCUT2D eigenvalue weighted by Gasteiger charge is -2.27. The molecule has 0 bridgehead atoms. The third-order valence-electron chi connectivity index (χ3n) is 2.29. The van der Waals surface area contributed by atoms with Crippen LogP contribution in [0.15, 0.2) is 47.9 Å². The molecule has 1 aliphatic carbocycles. The predicted molar refractivity (Wildman–Crippen MR) is 46.9 cm³/mol. The standard InChI is InChI=1S/C9H8NO.Al/c11-8-5-1-3-7-4-2-6-10-9(7)8;/h1-6,9,11H;/q-1;+2/p-1. The van der Waals surface area contributed by atoms with Crippen LogP contribution in [-0.4, -0.2) is 25.7 Å². The zero-order valence-corrected chi connectivity index (χ0v) is 7.63. The summed E-state index contributed by atoms with van der Waals surface area (Å²) in [5.41, 5.74) is 1.35. The van der Waals surface area contributed by atoms with Gasteiger partial charge in [0.05, 0.1) is 11.8 Å². The Balaban J connectivity index is 2.15. The predicted octanol–water partition coefficient (Wildman–Crippen LogP) is 1.13. The lowest BCUT2D eigenvalue weighted by molar-refractivity contribution is 0.457. The number of nitrogens with zero attached hydrogens (tertiary/aromatic N) is 1. The van der Waals surface area contributed by atoms with Crippen LogP contribution < -0.4 is 0 Å². The Hall–Kier alpha value is -0.908. The van der Waals surface area contributed by atoms with Gasteiger partial charge >= 0.3 is 15.8 Å². The molecule has 2 nitrogen and oxygen atoms in total. The van der Waals surface area contributed by atoms with Crippen molar-refractivity contribution in [2.24, 2.45) is 0 Å². The van der Waals surface area contributed by atoms with E-state index < -0.39 is 0 Å². The molecule has 0 spiro atoms. The van der Waals surface area contributed by atoms with Crippen LogP contribution in [0.2, 0.25) is 0 Å². The van der Waals surface area contributed by atoms with Crippen molar-refractivity contribution >= 4 is 15.8 Å². The van der Waals surface area contributed by atoms with E-state index in [-0.39, 0.29) is 15.8 Å². The number of rotatable bonds is 0. The van der Waals surface area contributed by atoms with Crippen LogP contribution >= 0.6 is 0 Å². The zero-order chi connectivity index (χ0) is 7.97. The number of hydrogen-bond donors (Lipinski definition) is 0. The third-order valence-corrected chi connectivity index (χ3v) is 3.38. The van der Waals surface area contributed by atoms with E-state index in [1.165, 1.54) is 5.57 Å². The highest BCUT2D eigenvalue weighted by Crippen LogP contribution is 2.31. The number of hydrogen-bond acceptors (Lipinski definition) is 2. The van der Waals surface area contributed by atoms with Crippen LogP contribution in [0.25, 0.3) is 0 Å². The van der Waals surface area contributed by atoms with E-state index in [0.29, 0.717) is 6.04 Å². The average molecular weight is 172 g/mol. The molecule has 12 heavy (non-hydrogen) atoms. The van der Waals surface area contributed by atoms with Crippen molar-refractivity contribution in [1.29, 1.82) is 0 Å². The zero-order valence-electron chi connectivity index (χ0n) is 6.47. The van der Waals surface area contributed by atoms with Gasteiger partial charge in [-0.3, -0.25) is 0 Å². The molecule has 1 unspecified atom stereocenters. The second-order valence-electron chi connectivity index (χ2n) is 3.01. The fraction of sp³-hybridized carbons (Fsp3) is 0.111. The summed E-state index contributed by atoms with van der Waals surface area (Å²) in [6.07, 6.45) is 12.6. The highest BCUT2D eigenvalue weighted by Gasteiger charge is 2.35. The van der Waals surface area contributed by atoms with Gasteiger partial charge in [-0.2, -0.15) is 0 Å². The second kappa shape index (κ2) is 2.29. The minimum absolute atomic E-state index is 0.0271. The molecule has 0 N–H and O–H groups in total. The summed E-state index contributed by atoms with van der Waals surface area (Å²) < 4.78 is 7.88. The molecule has 57 valence electrons. The van der Waals surface area contributed by atoms with Crippen LogP contribution in [-0.2, 0) is 3.79 Å². The van der Waals surface area contributed by atoms with Gasteiger partial charge in [0.2, 0.25) is 0 Å². The SMILES string of the molecule is C1=CC2=CC=C[N]3[Al][O]C(=C1)C23. The fourth-order valence-electron chi connectivity index (χ4n) is 1.73. The van der Waals surface area contributed by atoms with Crippen LogP contribution in [0.5, 0.6) is 0 Å². The minimum atomic E-state index is -0.0271. The van der Waals surface area contributed by atoms with Gasteiger partial charge in [-0.15, -0.1) is 0 Å².